The van der Waals surface area contributed by atoms with Crippen LogP contribution in [0.1, 0.15) is 12.8 Å². The number of thioether (sulfide) groups is 1. The Bertz CT molecular complexity index is 845. The zero-order chi connectivity index (χ0) is 19.9. The lowest BCUT2D eigenvalue weighted by molar-refractivity contribution is -0.127. The van der Waals surface area contributed by atoms with Gasteiger partial charge in [0.05, 0.1) is 10.8 Å². The van der Waals surface area contributed by atoms with E-state index < -0.39 is 5.91 Å². The maximum atomic E-state index is 12.0. The van der Waals surface area contributed by atoms with Crippen molar-refractivity contribution in [1.29, 1.82) is 0 Å². The van der Waals surface area contributed by atoms with E-state index in [0.29, 0.717) is 32.4 Å². The third-order valence-corrected chi connectivity index (χ3v) is 5.40. The van der Waals surface area contributed by atoms with Gasteiger partial charge in [0.25, 0.3) is 5.91 Å². The van der Waals surface area contributed by atoms with Gasteiger partial charge in [0.15, 0.2) is 12.4 Å². The second-order valence-electron chi connectivity index (χ2n) is 6.04. The molecule has 2 amide bonds. The molecule has 1 aromatic carbocycles. The summed E-state index contributed by atoms with van der Waals surface area (Å²) in [6, 6.07) is 8.08. The van der Waals surface area contributed by atoms with Crippen LogP contribution < -0.4 is 10.1 Å². The van der Waals surface area contributed by atoms with Crippen LogP contribution in [0, 0.1) is 0 Å². The van der Waals surface area contributed by atoms with E-state index in [1.165, 1.54) is 17.8 Å². The fraction of sp³-hybridized carbons (Fsp3) is 0.333. The molecule has 0 atom stereocenters. The summed E-state index contributed by atoms with van der Waals surface area (Å²) in [5.74, 6) is 0.702. The van der Waals surface area contributed by atoms with Crippen LogP contribution in [0.3, 0.4) is 0 Å². The Morgan fingerprint density at radius 1 is 1.14 bits per heavy atom. The topological polar surface area (TPSA) is 84.4 Å². The molecule has 10 heteroatoms. The lowest BCUT2D eigenvalue weighted by Gasteiger charge is -2.14. The minimum Gasteiger partial charge on any atom is -0.482 e. The standard InChI is InChI=1S/C18H18Cl2N4O3S/c19-12-3-4-14(13(20)9-12)27-10-16(25)21-15-5-6-17(23-22-15)28-11-18(26)24-7-1-2-8-24/h3-6,9H,1-2,7-8,10-11H2,(H,21,22,25). The molecular formula is C18H18Cl2N4O3S. The van der Waals surface area contributed by atoms with Crippen LogP contribution in [-0.2, 0) is 9.59 Å². The number of nitrogens with one attached hydrogen (secondary N) is 1. The second kappa shape index (κ2) is 9.95. The Morgan fingerprint density at radius 2 is 1.93 bits per heavy atom. The number of nitrogens with zero attached hydrogens (tertiary/aromatic N) is 3. The summed E-state index contributed by atoms with van der Waals surface area (Å²) in [5, 5.41) is 12.0. The Labute approximate surface area is 176 Å². The van der Waals surface area contributed by atoms with Crippen molar-refractivity contribution >= 4 is 52.6 Å². The monoisotopic (exact) mass is 440 g/mol. The van der Waals surface area contributed by atoms with Gasteiger partial charge >= 0.3 is 0 Å². The van der Waals surface area contributed by atoms with Crippen molar-refractivity contribution in [2.45, 2.75) is 17.9 Å². The van der Waals surface area contributed by atoms with Gasteiger partial charge in [-0.05, 0) is 43.2 Å². The maximum Gasteiger partial charge on any atom is 0.263 e. The van der Waals surface area contributed by atoms with Gasteiger partial charge in [0.1, 0.15) is 10.8 Å². The van der Waals surface area contributed by atoms with E-state index in [0.717, 1.165) is 25.9 Å². The quantitative estimate of drug-likeness (QED) is 0.662. The van der Waals surface area contributed by atoms with Gasteiger partial charge in [-0.15, -0.1) is 10.2 Å². The highest BCUT2D eigenvalue weighted by molar-refractivity contribution is 7.99. The average molecular weight is 441 g/mol. The minimum atomic E-state index is -0.398. The number of rotatable bonds is 7. The first-order valence-electron chi connectivity index (χ1n) is 8.63. The van der Waals surface area contributed by atoms with Crippen molar-refractivity contribution in [3.8, 4) is 5.75 Å². The van der Waals surface area contributed by atoms with Gasteiger partial charge < -0.3 is 15.0 Å². The Balaban J connectivity index is 1.44. The van der Waals surface area contributed by atoms with Crippen molar-refractivity contribution in [2.75, 3.05) is 30.8 Å². The van der Waals surface area contributed by atoms with Crippen molar-refractivity contribution in [1.82, 2.24) is 15.1 Å². The van der Waals surface area contributed by atoms with E-state index in [2.05, 4.69) is 15.5 Å². The molecular weight excluding hydrogens is 423 g/mol. The lowest BCUT2D eigenvalue weighted by atomic mass is 10.3. The summed E-state index contributed by atoms with van der Waals surface area (Å²) in [4.78, 5) is 25.9. The van der Waals surface area contributed by atoms with Crippen molar-refractivity contribution < 1.29 is 14.3 Å². The predicted octanol–water partition coefficient (Wildman–Crippen LogP) is 3.52. The Kier molecular flexibility index (Phi) is 7.36. The zero-order valence-corrected chi connectivity index (χ0v) is 17.2. The van der Waals surface area contributed by atoms with Crippen molar-refractivity contribution in [3.05, 3.63) is 40.4 Å². The van der Waals surface area contributed by atoms with E-state index in [1.54, 1.807) is 24.3 Å². The minimum absolute atomic E-state index is 0.111. The molecule has 1 fully saturated rings. The highest BCUT2D eigenvalue weighted by Gasteiger charge is 2.18. The molecule has 0 radical (unpaired) electrons. The SMILES string of the molecule is O=C(COc1ccc(Cl)cc1Cl)Nc1ccc(SCC(=O)N2CCCC2)nn1. The van der Waals surface area contributed by atoms with Gasteiger partial charge in [0, 0.05) is 18.1 Å². The Hall–Kier alpha value is -2.03. The molecule has 0 bridgehead atoms. The van der Waals surface area contributed by atoms with E-state index in [-0.39, 0.29) is 12.5 Å². The van der Waals surface area contributed by atoms with Crippen LogP contribution >= 0.6 is 35.0 Å². The number of benzene rings is 1. The molecule has 1 aliphatic heterocycles. The molecule has 28 heavy (non-hydrogen) atoms. The molecule has 0 saturated carbocycles. The smallest absolute Gasteiger partial charge is 0.263 e. The molecule has 148 valence electrons. The molecule has 0 unspecified atom stereocenters. The molecule has 0 aliphatic carbocycles. The molecule has 1 N–H and O–H groups in total. The fourth-order valence-electron chi connectivity index (χ4n) is 2.57. The summed E-state index contributed by atoms with van der Waals surface area (Å²) >= 11 is 13.1. The number of hydrogen-bond donors (Lipinski definition) is 1. The Morgan fingerprint density at radius 3 is 2.61 bits per heavy atom. The highest BCUT2D eigenvalue weighted by atomic mass is 35.5. The van der Waals surface area contributed by atoms with Gasteiger partial charge in [-0.2, -0.15) is 0 Å². The third-order valence-electron chi connectivity index (χ3n) is 3.96. The molecule has 2 heterocycles. The van der Waals surface area contributed by atoms with Crippen LogP contribution in [0.2, 0.25) is 10.0 Å². The summed E-state index contributed by atoms with van der Waals surface area (Å²) < 4.78 is 5.37. The van der Waals surface area contributed by atoms with Gasteiger partial charge in [-0.25, -0.2) is 0 Å². The van der Waals surface area contributed by atoms with E-state index in [4.69, 9.17) is 27.9 Å². The van der Waals surface area contributed by atoms with Crippen molar-refractivity contribution in [2.24, 2.45) is 0 Å². The van der Waals surface area contributed by atoms with Gasteiger partial charge in [0.2, 0.25) is 5.91 Å². The van der Waals surface area contributed by atoms with Gasteiger partial charge in [-0.3, -0.25) is 9.59 Å². The van der Waals surface area contributed by atoms with Crippen LogP contribution in [0.15, 0.2) is 35.4 Å². The molecule has 7 nitrogen and oxygen atoms in total. The van der Waals surface area contributed by atoms with Crippen LogP contribution in [0.4, 0.5) is 5.82 Å². The summed E-state index contributed by atoms with van der Waals surface area (Å²) in [7, 11) is 0. The number of carbonyl (C=O) groups excluding carboxylic acids is 2. The van der Waals surface area contributed by atoms with Gasteiger partial charge in [-0.1, -0.05) is 35.0 Å². The second-order valence-corrected chi connectivity index (χ2v) is 7.88. The molecule has 2 aromatic rings. The number of aromatic nitrogens is 2. The predicted molar refractivity (Wildman–Crippen MR) is 109 cm³/mol. The largest absolute Gasteiger partial charge is 0.482 e. The first-order chi connectivity index (χ1) is 13.5. The molecule has 1 saturated heterocycles. The molecule has 1 aliphatic rings. The van der Waals surface area contributed by atoms with Crippen LogP contribution in [-0.4, -0.2) is 52.4 Å². The lowest BCUT2D eigenvalue weighted by Crippen LogP contribution is -2.29. The number of likely N-dealkylation sites (tertiary alicyclic amines) is 1. The number of carbonyl (C=O) groups is 2. The van der Waals surface area contributed by atoms with Crippen molar-refractivity contribution in [3.63, 3.8) is 0 Å². The first-order valence-corrected chi connectivity index (χ1v) is 10.4. The zero-order valence-electron chi connectivity index (χ0n) is 14.9. The molecule has 0 spiro atoms. The molecule has 3 rings (SSSR count). The number of ether oxygens (including phenoxy) is 1. The summed E-state index contributed by atoms with van der Waals surface area (Å²) in [6.07, 6.45) is 2.14. The fourth-order valence-corrected chi connectivity index (χ4v) is 3.75. The van der Waals surface area contributed by atoms with Crippen LogP contribution in [0.5, 0.6) is 5.75 Å². The first kappa shape index (κ1) is 20.7. The normalized spacial score (nSPS) is 13.4. The number of amides is 2. The van der Waals surface area contributed by atoms with E-state index in [1.807, 2.05) is 4.90 Å². The average Bonchev–Trinajstić information content (AvgIpc) is 3.21. The maximum absolute atomic E-state index is 12.0. The number of hydrogen-bond acceptors (Lipinski definition) is 6. The van der Waals surface area contributed by atoms with E-state index >= 15 is 0 Å². The third kappa shape index (κ3) is 5.98. The highest BCUT2D eigenvalue weighted by Crippen LogP contribution is 2.27. The van der Waals surface area contributed by atoms with Crippen LogP contribution in [0.25, 0.3) is 0 Å². The number of anilines is 1. The summed E-state index contributed by atoms with van der Waals surface area (Å²) in [5.41, 5.74) is 0. The molecule has 1 aromatic heterocycles. The summed E-state index contributed by atoms with van der Waals surface area (Å²) in [6.45, 7) is 1.43. The van der Waals surface area contributed by atoms with E-state index in [9.17, 15) is 9.59 Å². The number of halogens is 2.